The lowest BCUT2D eigenvalue weighted by atomic mass is 9.87. The third-order valence-corrected chi connectivity index (χ3v) is 4.88. The molecule has 0 saturated heterocycles. The third-order valence-electron chi connectivity index (χ3n) is 3.99. The van der Waals surface area contributed by atoms with E-state index in [9.17, 15) is 10.1 Å². The van der Waals surface area contributed by atoms with Gasteiger partial charge in [0.05, 0.1) is 5.69 Å². The van der Waals surface area contributed by atoms with E-state index in [4.69, 9.17) is 0 Å². The summed E-state index contributed by atoms with van der Waals surface area (Å²) in [5, 5.41) is 15.7. The van der Waals surface area contributed by atoms with E-state index in [1.165, 1.54) is 11.3 Å². The van der Waals surface area contributed by atoms with Gasteiger partial charge in [-0.05, 0) is 35.2 Å². The average molecular weight is 389 g/mol. The summed E-state index contributed by atoms with van der Waals surface area (Å²) in [5.41, 5.74) is 5.39. The number of hydrazone groups is 1. The molecule has 140 valence electrons. The molecule has 3 rings (SSSR count). The van der Waals surface area contributed by atoms with Gasteiger partial charge in [-0.15, -0.1) is 11.3 Å². The van der Waals surface area contributed by atoms with Gasteiger partial charge in [-0.1, -0.05) is 32.9 Å². The van der Waals surface area contributed by atoms with E-state index in [1.807, 2.05) is 36.4 Å². The first-order chi connectivity index (χ1) is 13.4. The van der Waals surface area contributed by atoms with E-state index < -0.39 is 5.78 Å². The molecule has 0 aliphatic rings. The number of pyridine rings is 1. The highest BCUT2D eigenvalue weighted by Crippen LogP contribution is 2.25. The number of carbonyl (C=O) groups excluding carboxylic acids is 1. The Morgan fingerprint density at radius 2 is 2.07 bits per heavy atom. The largest absolute Gasteiger partial charge is 0.284 e. The molecule has 1 N–H and O–H groups in total. The Balaban J connectivity index is 1.79. The number of carbonyl (C=O) groups is 1. The maximum atomic E-state index is 12.6. The number of Topliss-reactive ketones (excluding diaryl/α,β-unsaturated/α-hetero) is 1. The minimum absolute atomic E-state index is 0.0153. The van der Waals surface area contributed by atoms with Crippen molar-refractivity contribution in [1.29, 1.82) is 5.26 Å². The van der Waals surface area contributed by atoms with Crippen molar-refractivity contribution in [2.75, 3.05) is 5.43 Å². The minimum Gasteiger partial charge on any atom is -0.284 e. The number of nitriles is 1. The summed E-state index contributed by atoms with van der Waals surface area (Å²) in [6.45, 7) is 6.34. The normalized spacial score (nSPS) is 11.7. The number of thiazole rings is 1. The Bertz CT molecular complexity index is 1060. The third kappa shape index (κ3) is 4.48. The summed E-state index contributed by atoms with van der Waals surface area (Å²) < 4.78 is 0. The van der Waals surface area contributed by atoms with Crippen LogP contribution in [0.2, 0.25) is 0 Å². The van der Waals surface area contributed by atoms with Crippen molar-refractivity contribution in [2.24, 2.45) is 5.10 Å². The van der Waals surface area contributed by atoms with Crippen LogP contribution in [0.25, 0.3) is 10.6 Å². The standard InChI is InChI=1S/C21H19N5OS/c1-21(2,3)15-7-4-8-16(10-15)25-26-17(11-22)19(27)18-13-28-20(24-18)14-6-5-9-23-12-14/h4-10,12-13,25H,1-3H3/b26-17+. The molecule has 0 atom stereocenters. The lowest BCUT2D eigenvalue weighted by molar-refractivity contribution is 0.106. The number of ketones is 1. The van der Waals surface area contributed by atoms with Crippen LogP contribution in [0.15, 0.2) is 59.3 Å². The fourth-order valence-corrected chi connectivity index (χ4v) is 3.21. The molecule has 0 radical (unpaired) electrons. The molecule has 6 nitrogen and oxygen atoms in total. The van der Waals surface area contributed by atoms with Crippen LogP contribution in [-0.4, -0.2) is 21.5 Å². The zero-order valence-electron chi connectivity index (χ0n) is 15.8. The van der Waals surface area contributed by atoms with Crippen LogP contribution in [0.3, 0.4) is 0 Å². The predicted octanol–water partition coefficient (Wildman–Crippen LogP) is 4.68. The minimum atomic E-state index is -0.520. The molecule has 0 saturated carbocycles. The molecule has 3 aromatic rings. The number of anilines is 1. The van der Waals surface area contributed by atoms with E-state index in [0.29, 0.717) is 10.7 Å². The first kappa shape index (κ1) is 19.4. The van der Waals surface area contributed by atoms with Crippen molar-refractivity contribution in [1.82, 2.24) is 9.97 Å². The number of hydrogen-bond donors (Lipinski definition) is 1. The molecule has 28 heavy (non-hydrogen) atoms. The Kier molecular flexibility index (Phi) is 5.62. The number of nitrogens with zero attached hydrogens (tertiary/aromatic N) is 4. The van der Waals surface area contributed by atoms with Gasteiger partial charge in [-0.3, -0.25) is 15.2 Å². The van der Waals surface area contributed by atoms with Crippen molar-refractivity contribution in [3.05, 3.63) is 65.4 Å². The predicted molar refractivity (Wildman–Crippen MR) is 111 cm³/mol. The summed E-state index contributed by atoms with van der Waals surface area (Å²) in [6, 6.07) is 13.2. The fourth-order valence-electron chi connectivity index (χ4n) is 2.42. The lowest BCUT2D eigenvalue weighted by Gasteiger charge is -2.19. The van der Waals surface area contributed by atoms with Crippen molar-refractivity contribution < 1.29 is 4.79 Å². The van der Waals surface area contributed by atoms with Crippen LogP contribution >= 0.6 is 11.3 Å². The van der Waals surface area contributed by atoms with Gasteiger partial charge >= 0.3 is 0 Å². The molecular formula is C21H19N5OS. The fraction of sp³-hybridized carbons (Fsp3) is 0.190. The number of hydrogen-bond acceptors (Lipinski definition) is 7. The molecule has 0 spiro atoms. The van der Waals surface area contributed by atoms with Gasteiger partial charge in [0.1, 0.15) is 16.8 Å². The van der Waals surface area contributed by atoms with E-state index in [1.54, 1.807) is 23.8 Å². The monoisotopic (exact) mass is 389 g/mol. The average Bonchev–Trinajstić information content (AvgIpc) is 3.19. The topological polar surface area (TPSA) is 91.0 Å². The Morgan fingerprint density at radius 3 is 2.75 bits per heavy atom. The second kappa shape index (κ2) is 8.11. The van der Waals surface area contributed by atoms with Crippen LogP contribution in [0.4, 0.5) is 5.69 Å². The second-order valence-corrected chi connectivity index (χ2v) is 7.98. The van der Waals surface area contributed by atoms with Crippen LogP contribution in [0.1, 0.15) is 36.8 Å². The van der Waals surface area contributed by atoms with Gasteiger partial charge in [0.25, 0.3) is 0 Å². The molecule has 1 aromatic carbocycles. The lowest BCUT2D eigenvalue weighted by Crippen LogP contribution is -2.15. The van der Waals surface area contributed by atoms with E-state index in [2.05, 4.69) is 41.3 Å². The van der Waals surface area contributed by atoms with Gasteiger partial charge in [-0.2, -0.15) is 10.4 Å². The Hall–Kier alpha value is -3.37. The highest BCUT2D eigenvalue weighted by atomic mass is 32.1. The van der Waals surface area contributed by atoms with Gasteiger partial charge in [0.15, 0.2) is 0 Å². The number of aromatic nitrogens is 2. The summed E-state index contributed by atoms with van der Waals surface area (Å²) in [4.78, 5) is 21.0. The zero-order chi connectivity index (χ0) is 20.1. The molecule has 0 aliphatic carbocycles. The number of rotatable bonds is 5. The Labute approximate surface area is 167 Å². The van der Waals surface area contributed by atoms with Gasteiger partial charge < -0.3 is 0 Å². The molecule has 2 heterocycles. The van der Waals surface area contributed by atoms with E-state index in [-0.39, 0.29) is 16.8 Å². The molecule has 0 unspecified atom stereocenters. The van der Waals surface area contributed by atoms with Crippen LogP contribution < -0.4 is 5.43 Å². The quantitative estimate of drug-likeness (QED) is 0.389. The van der Waals surface area contributed by atoms with Crippen molar-refractivity contribution in [3.63, 3.8) is 0 Å². The van der Waals surface area contributed by atoms with Crippen LogP contribution in [-0.2, 0) is 5.41 Å². The molecule has 0 fully saturated rings. The van der Waals surface area contributed by atoms with Crippen LogP contribution in [0.5, 0.6) is 0 Å². The van der Waals surface area contributed by atoms with Gasteiger partial charge in [-0.25, -0.2) is 4.98 Å². The maximum absolute atomic E-state index is 12.6. The van der Waals surface area contributed by atoms with Gasteiger partial charge in [0.2, 0.25) is 11.5 Å². The smallest absolute Gasteiger partial charge is 0.243 e. The molecule has 7 heteroatoms. The highest BCUT2D eigenvalue weighted by molar-refractivity contribution is 7.13. The van der Waals surface area contributed by atoms with E-state index >= 15 is 0 Å². The van der Waals surface area contributed by atoms with Crippen LogP contribution in [0, 0.1) is 11.3 Å². The summed E-state index contributed by atoms with van der Waals surface area (Å²) >= 11 is 1.32. The van der Waals surface area contributed by atoms with Crippen molar-refractivity contribution in [2.45, 2.75) is 26.2 Å². The van der Waals surface area contributed by atoms with Crippen molar-refractivity contribution >= 4 is 28.5 Å². The first-order valence-electron chi connectivity index (χ1n) is 8.63. The first-order valence-corrected chi connectivity index (χ1v) is 9.51. The second-order valence-electron chi connectivity index (χ2n) is 7.12. The van der Waals surface area contributed by atoms with E-state index in [0.717, 1.165) is 11.1 Å². The summed E-state index contributed by atoms with van der Waals surface area (Å²) in [5.74, 6) is -0.520. The maximum Gasteiger partial charge on any atom is 0.243 e. The zero-order valence-corrected chi connectivity index (χ0v) is 16.6. The highest BCUT2D eigenvalue weighted by Gasteiger charge is 2.19. The summed E-state index contributed by atoms with van der Waals surface area (Å²) in [7, 11) is 0. The van der Waals surface area contributed by atoms with Crippen molar-refractivity contribution in [3.8, 4) is 16.6 Å². The SMILES string of the molecule is CC(C)(C)c1cccc(N/N=C(\C#N)C(=O)c2csc(-c3cccnc3)n2)c1. The number of nitrogens with one attached hydrogen (secondary N) is 1. The molecule has 0 aliphatic heterocycles. The van der Waals surface area contributed by atoms with Gasteiger partial charge in [0, 0.05) is 23.3 Å². The number of benzene rings is 1. The molecule has 0 bridgehead atoms. The summed E-state index contributed by atoms with van der Waals surface area (Å²) in [6.07, 6.45) is 3.35. The Morgan fingerprint density at radius 1 is 1.25 bits per heavy atom. The molecular weight excluding hydrogens is 370 g/mol. The molecule has 0 amide bonds. The molecule has 2 aromatic heterocycles.